The Morgan fingerprint density at radius 3 is 2.86 bits per heavy atom. The quantitative estimate of drug-likeness (QED) is 0.625. The topological polar surface area (TPSA) is 46.6 Å². The molecule has 2 heterocycles. The van der Waals surface area contributed by atoms with Crippen LogP contribution in [0.1, 0.15) is 26.7 Å². The van der Waals surface area contributed by atoms with Crippen molar-refractivity contribution >= 4 is 12.4 Å². The highest BCUT2D eigenvalue weighted by molar-refractivity contribution is 5.72. The van der Waals surface area contributed by atoms with Gasteiger partial charge < -0.3 is 9.53 Å². The third kappa shape index (κ3) is 1.21. The van der Waals surface area contributed by atoms with E-state index >= 15 is 0 Å². The van der Waals surface area contributed by atoms with Gasteiger partial charge in [-0.1, -0.05) is 13.8 Å². The maximum absolute atomic E-state index is 11.4. The molecular formula is C10H15NO3. The Hall–Kier alpha value is -1.06. The van der Waals surface area contributed by atoms with Crippen LogP contribution in [0.15, 0.2) is 0 Å². The molecule has 2 aliphatic heterocycles. The number of hydrogen-bond acceptors (Lipinski definition) is 3. The number of fused-ring (bicyclic) bond motifs is 1. The number of carbonyl (C=O) groups is 2. The number of nitrogens with zero attached hydrogens (tertiary/aromatic N) is 1. The summed E-state index contributed by atoms with van der Waals surface area (Å²) in [5.41, 5.74) is -0.460. The number of carbonyl (C=O) groups excluding carboxylic acids is 2. The lowest BCUT2D eigenvalue weighted by molar-refractivity contribution is -0.117. The van der Waals surface area contributed by atoms with Crippen molar-refractivity contribution in [1.29, 1.82) is 0 Å². The van der Waals surface area contributed by atoms with Crippen molar-refractivity contribution in [2.24, 2.45) is 5.41 Å². The predicted molar refractivity (Wildman–Crippen MR) is 49.8 cm³/mol. The van der Waals surface area contributed by atoms with Crippen LogP contribution in [0.2, 0.25) is 0 Å². The molecule has 1 unspecified atom stereocenters. The van der Waals surface area contributed by atoms with Gasteiger partial charge in [0.05, 0.1) is 6.04 Å². The minimum Gasteiger partial charge on any atom is -0.447 e. The number of amides is 1. The Balaban J connectivity index is 2.22. The summed E-state index contributed by atoms with van der Waals surface area (Å²) in [6.45, 7) is 4.24. The van der Waals surface area contributed by atoms with Gasteiger partial charge in [-0.3, -0.25) is 4.90 Å². The van der Waals surface area contributed by atoms with E-state index in [2.05, 4.69) is 0 Å². The molecule has 0 aliphatic carbocycles. The van der Waals surface area contributed by atoms with Crippen LogP contribution < -0.4 is 0 Å². The lowest BCUT2D eigenvalue weighted by atomic mass is 9.84. The molecule has 2 fully saturated rings. The molecule has 0 spiro atoms. The third-order valence-electron chi connectivity index (χ3n) is 3.28. The normalized spacial score (nSPS) is 31.6. The molecule has 0 saturated carbocycles. The maximum atomic E-state index is 11.4. The molecule has 4 heteroatoms. The van der Waals surface area contributed by atoms with Crippen molar-refractivity contribution in [2.75, 3.05) is 6.61 Å². The summed E-state index contributed by atoms with van der Waals surface area (Å²) in [4.78, 5) is 24.1. The monoisotopic (exact) mass is 197 g/mol. The Morgan fingerprint density at radius 1 is 1.50 bits per heavy atom. The molecule has 2 aliphatic rings. The van der Waals surface area contributed by atoms with Crippen LogP contribution in [-0.4, -0.2) is 36.0 Å². The number of rotatable bonds is 2. The maximum Gasteiger partial charge on any atom is 0.410 e. The highest BCUT2D eigenvalue weighted by Crippen LogP contribution is 2.38. The van der Waals surface area contributed by atoms with E-state index in [4.69, 9.17) is 4.74 Å². The molecule has 2 atom stereocenters. The van der Waals surface area contributed by atoms with E-state index < -0.39 is 5.41 Å². The van der Waals surface area contributed by atoms with E-state index in [0.29, 0.717) is 6.61 Å². The highest BCUT2D eigenvalue weighted by Gasteiger charge is 2.48. The molecule has 0 N–H and O–H groups in total. The summed E-state index contributed by atoms with van der Waals surface area (Å²) in [7, 11) is 0. The zero-order valence-electron chi connectivity index (χ0n) is 8.53. The lowest BCUT2D eigenvalue weighted by Crippen LogP contribution is -2.44. The van der Waals surface area contributed by atoms with Gasteiger partial charge in [0.15, 0.2) is 0 Å². The van der Waals surface area contributed by atoms with Crippen LogP contribution in [0.5, 0.6) is 0 Å². The molecule has 78 valence electrons. The van der Waals surface area contributed by atoms with E-state index in [9.17, 15) is 9.59 Å². The van der Waals surface area contributed by atoms with Crippen molar-refractivity contribution in [1.82, 2.24) is 4.90 Å². The smallest absolute Gasteiger partial charge is 0.410 e. The predicted octanol–water partition coefficient (Wildman–Crippen LogP) is 1.19. The van der Waals surface area contributed by atoms with Gasteiger partial charge in [-0.15, -0.1) is 0 Å². The van der Waals surface area contributed by atoms with Crippen LogP contribution in [0.25, 0.3) is 0 Å². The molecule has 2 saturated heterocycles. The molecule has 1 amide bonds. The summed E-state index contributed by atoms with van der Waals surface area (Å²) in [6, 6.07) is 0.215. The standard InChI is InChI=1S/C10H15NO3/c1-10(2,6-12)8-4-3-7-5-14-9(13)11(7)8/h6-8H,3-5H2,1-2H3/t7-,8?/m0/s1. The van der Waals surface area contributed by atoms with Crippen LogP contribution in [0.4, 0.5) is 4.79 Å². The first kappa shape index (κ1) is 9.49. The fourth-order valence-corrected chi connectivity index (χ4v) is 2.37. The van der Waals surface area contributed by atoms with Gasteiger partial charge in [-0.2, -0.15) is 0 Å². The van der Waals surface area contributed by atoms with Gasteiger partial charge in [-0.25, -0.2) is 4.79 Å². The fourth-order valence-electron chi connectivity index (χ4n) is 2.37. The zero-order chi connectivity index (χ0) is 10.3. The first-order valence-corrected chi connectivity index (χ1v) is 4.97. The molecule has 2 rings (SSSR count). The average Bonchev–Trinajstić information content (AvgIpc) is 2.69. The average molecular weight is 197 g/mol. The van der Waals surface area contributed by atoms with Crippen LogP contribution in [0.3, 0.4) is 0 Å². The molecule has 0 aromatic rings. The lowest BCUT2D eigenvalue weighted by Gasteiger charge is -2.31. The second-order valence-corrected chi connectivity index (χ2v) is 4.67. The van der Waals surface area contributed by atoms with Crippen molar-refractivity contribution in [3.05, 3.63) is 0 Å². The van der Waals surface area contributed by atoms with Gasteiger partial charge in [-0.05, 0) is 12.8 Å². The van der Waals surface area contributed by atoms with Gasteiger partial charge in [0, 0.05) is 11.5 Å². The SMILES string of the molecule is CC(C)(C=O)C1CC[C@H]2COC(=O)N12. The number of aldehydes is 1. The summed E-state index contributed by atoms with van der Waals surface area (Å²) < 4.78 is 4.96. The minimum absolute atomic E-state index is 0.0139. The van der Waals surface area contributed by atoms with E-state index in [0.717, 1.165) is 19.1 Å². The second kappa shape index (κ2) is 2.97. The fraction of sp³-hybridized carbons (Fsp3) is 0.800. The molecular weight excluding hydrogens is 182 g/mol. The summed E-state index contributed by atoms with van der Waals surface area (Å²) in [5, 5.41) is 0. The second-order valence-electron chi connectivity index (χ2n) is 4.67. The highest BCUT2D eigenvalue weighted by atomic mass is 16.6. The third-order valence-corrected chi connectivity index (χ3v) is 3.28. The van der Waals surface area contributed by atoms with Gasteiger partial charge in [0.25, 0.3) is 0 Å². The molecule has 0 aromatic carbocycles. The van der Waals surface area contributed by atoms with Crippen molar-refractivity contribution in [3.63, 3.8) is 0 Å². The van der Waals surface area contributed by atoms with Gasteiger partial charge in [0.1, 0.15) is 12.9 Å². The number of ether oxygens (including phenoxy) is 1. The zero-order valence-corrected chi connectivity index (χ0v) is 8.53. The first-order valence-electron chi connectivity index (χ1n) is 4.97. The van der Waals surface area contributed by atoms with Crippen LogP contribution in [-0.2, 0) is 9.53 Å². The van der Waals surface area contributed by atoms with E-state index in [1.807, 2.05) is 13.8 Å². The van der Waals surface area contributed by atoms with Crippen molar-refractivity contribution in [2.45, 2.75) is 38.8 Å². The largest absolute Gasteiger partial charge is 0.447 e. The van der Waals surface area contributed by atoms with Gasteiger partial charge in [0.2, 0.25) is 0 Å². The van der Waals surface area contributed by atoms with Crippen molar-refractivity contribution < 1.29 is 14.3 Å². The molecule has 0 radical (unpaired) electrons. The van der Waals surface area contributed by atoms with E-state index in [1.54, 1.807) is 4.90 Å². The molecule has 0 aromatic heterocycles. The molecule has 4 nitrogen and oxygen atoms in total. The van der Waals surface area contributed by atoms with E-state index in [-0.39, 0.29) is 18.2 Å². The minimum atomic E-state index is -0.460. The first-order chi connectivity index (χ1) is 6.56. The number of hydrogen-bond donors (Lipinski definition) is 0. The Bertz CT molecular complexity index is 275. The Morgan fingerprint density at radius 2 is 2.21 bits per heavy atom. The molecule has 14 heavy (non-hydrogen) atoms. The van der Waals surface area contributed by atoms with Gasteiger partial charge >= 0.3 is 6.09 Å². The van der Waals surface area contributed by atoms with E-state index in [1.165, 1.54) is 0 Å². The molecule has 0 bridgehead atoms. The Labute approximate surface area is 83.2 Å². The van der Waals surface area contributed by atoms with Crippen LogP contribution in [0, 0.1) is 5.41 Å². The number of cyclic esters (lactones) is 1. The van der Waals surface area contributed by atoms with Crippen molar-refractivity contribution in [3.8, 4) is 0 Å². The Kier molecular flexibility index (Phi) is 2.01. The van der Waals surface area contributed by atoms with Crippen LogP contribution >= 0.6 is 0 Å². The summed E-state index contributed by atoms with van der Waals surface area (Å²) in [6.07, 6.45) is 2.54. The summed E-state index contributed by atoms with van der Waals surface area (Å²) >= 11 is 0. The summed E-state index contributed by atoms with van der Waals surface area (Å²) in [5.74, 6) is 0.